The maximum Gasteiger partial charge on any atom is 0.192 e. The van der Waals surface area contributed by atoms with Gasteiger partial charge in [-0.2, -0.15) is 0 Å². The highest BCUT2D eigenvalue weighted by Gasteiger charge is 2.42. The zero-order valence-corrected chi connectivity index (χ0v) is 17.4. The number of carbonyl (C=O) groups excluding carboxylic acids is 2. The lowest BCUT2D eigenvalue weighted by Crippen LogP contribution is -2.46. The van der Waals surface area contributed by atoms with Gasteiger partial charge in [-0.1, -0.05) is 46.8 Å². The maximum absolute atomic E-state index is 13.1. The fourth-order valence-electron chi connectivity index (χ4n) is 3.93. The minimum Gasteiger partial charge on any atom is -0.410 e. The molecule has 0 aromatic heterocycles. The molecule has 4 heteroatoms. The average molecular weight is 353 g/mol. The molecular formula is C20H36O3Si. The van der Waals surface area contributed by atoms with Gasteiger partial charge in [0.25, 0.3) is 0 Å². The van der Waals surface area contributed by atoms with Gasteiger partial charge in [-0.15, -0.1) is 0 Å². The Hall–Kier alpha value is -0.743. The molecule has 1 fully saturated rings. The van der Waals surface area contributed by atoms with Crippen molar-refractivity contribution in [2.24, 2.45) is 17.8 Å². The second-order valence-corrected chi connectivity index (χ2v) is 12.2. The van der Waals surface area contributed by atoms with Crippen LogP contribution in [0.3, 0.4) is 0 Å². The summed E-state index contributed by atoms with van der Waals surface area (Å²) in [5.41, 5.74) is 0. The zero-order valence-electron chi connectivity index (χ0n) is 16.4. The molecule has 0 N–H and O–H groups in total. The van der Waals surface area contributed by atoms with E-state index in [4.69, 9.17) is 4.43 Å². The molecule has 0 aromatic rings. The Morgan fingerprint density at radius 2 is 1.83 bits per heavy atom. The molecule has 3 atom stereocenters. The van der Waals surface area contributed by atoms with Gasteiger partial charge in [-0.05, 0) is 43.8 Å². The first-order chi connectivity index (χ1) is 11.4. The summed E-state index contributed by atoms with van der Waals surface area (Å²) in [5, 5.41) is 0. The second kappa shape index (κ2) is 9.67. The van der Waals surface area contributed by atoms with Crippen LogP contribution in [0.15, 0.2) is 12.2 Å². The van der Waals surface area contributed by atoms with Crippen molar-refractivity contribution in [3.05, 3.63) is 12.2 Å². The van der Waals surface area contributed by atoms with Gasteiger partial charge in [0.1, 0.15) is 11.6 Å². The molecule has 1 aliphatic rings. The third-order valence-electron chi connectivity index (χ3n) is 5.75. The van der Waals surface area contributed by atoms with Crippen LogP contribution >= 0.6 is 0 Å². The number of hydrogen-bond acceptors (Lipinski definition) is 3. The Morgan fingerprint density at radius 3 is 2.21 bits per heavy atom. The lowest BCUT2D eigenvalue weighted by Gasteiger charge is -2.37. The van der Waals surface area contributed by atoms with Gasteiger partial charge in [0.2, 0.25) is 0 Å². The van der Waals surface area contributed by atoms with E-state index in [0.29, 0.717) is 6.42 Å². The topological polar surface area (TPSA) is 43.4 Å². The Kier molecular flexibility index (Phi) is 8.58. The van der Waals surface area contributed by atoms with Gasteiger partial charge >= 0.3 is 0 Å². The summed E-state index contributed by atoms with van der Waals surface area (Å²) in [6.45, 7) is 12.8. The summed E-state index contributed by atoms with van der Waals surface area (Å²) < 4.78 is 6.69. The second-order valence-electron chi connectivity index (χ2n) is 7.44. The van der Waals surface area contributed by atoms with Gasteiger partial charge in [-0.25, -0.2) is 0 Å². The van der Waals surface area contributed by atoms with Crippen molar-refractivity contribution in [3.63, 3.8) is 0 Å². The summed E-state index contributed by atoms with van der Waals surface area (Å²) in [4.78, 5) is 25.3. The standard InChI is InChI=1S/C20H36O3Si/c1-7-12-18(23-24(8-2,9-3)10-4)19(15(5)6)20(22)16-13-11-14-17(16)21/h7,12,15-16,18-19H,8-11,13-14H2,1-6H3/b12-7+/t16?,18-,19+/m0/s1. The van der Waals surface area contributed by atoms with E-state index in [2.05, 4.69) is 34.6 Å². The Labute approximate surface area is 149 Å². The predicted octanol–water partition coefficient (Wildman–Crippen LogP) is 5.16. The van der Waals surface area contributed by atoms with Crippen LogP contribution in [-0.2, 0) is 14.0 Å². The Balaban J connectivity index is 3.11. The lowest BCUT2D eigenvalue weighted by atomic mass is 9.80. The van der Waals surface area contributed by atoms with Crippen molar-refractivity contribution in [3.8, 4) is 0 Å². The number of carbonyl (C=O) groups is 2. The van der Waals surface area contributed by atoms with E-state index in [1.54, 1.807) is 0 Å². The molecule has 1 rings (SSSR count). The summed E-state index contributed by atoms with van der Waals surface area (Å²) in [5.74, 6) is -0.194. The summed E-state index contributed by atoms with van der Waals surface area (Å²) in [6.07, 6.45) is 5.99. The van der Waals surface area contributed by atoms with E-state index in [-0.39, 0.29) is 29.5 Å². The lowest BCUT2D eigenvalue weighted by molar-refractivity contribution is -0.136. The number of Topliss-reactive ketones (excluding diaryl/α,β-unsaturated/α-hetero) is 2. The van der Waals surface area contributed by atoms with Gasteiger partial charge < -0.3 is 4.43 Å². The maximum atomic E-state index is 13.1. The Bertz CT molecular complexity index is 444. The van der Waals surface area contributed by atoms with E-state index in [9.17, 15) is 9.59 Å². The molecule has 1 saturated carbocycles. The van der Waals surface area contributed by atoms with Crippen LogP contribution in [0, 0.1) is 17.8 Å². The van der Waals surface area contributed by atoms with Crippen LogP contribution in [0.5, 0.6) is 0 Å². The molecule has 0 saturated heterocycles. The largest absolute Gasteiger partial charge is 0.410 e. The summed E-state index contributed by atoms with van der Waals surface area (Å²) >= 11 is 0. The predicted molar refractivity (Wildman–Crippen MR) is 103 cm³/mol. The normalized spacial score (nSPS) is 21.6. The molecular weight excluding hydrogens is 316 g/mol. The van der Waals surface area contributed by atoms with Crippen molar-refractivity contribution in [2.45, 2.75) is 85.0 Å². The van der Waals surface area contributed by atoms with Crippen molar-refractivity contribution < 1.29 is 14.0 Å². The molecule has 0 aromatic carbocycles. The minimum absolute atomic E-state index is 0.113. The van der Waals surface area contributed by atoms with Crippen molar-refractivity contribution in [2.75, 3.05) is 0 Å². The van der Waals surface area contributed by atoms with E-state index in [1.807, 2.05) is 19.1 Å². The highest BCUT2D eigenvalue weighted by molar-refractivity contribution is 6.73. The van der Waals surface area contributed by atoms with E-state index in [0.717, 1.165) is 31.0 Å². The molecule has 1 aliphatic carbocycles. The third-order valence-corrected chi connectivity index (χ3v) is 10.4. The van der Waals surface area contributed by atoms with Gasteiger partial charge in [0.15, 0.2) is 8.32 Å². The molecule has 0 aliphatic heterocycles. The first-order valence-corrected chi connectivity index (χ1v) is 12.3. The third kappa shape index (κ3) is 4.88. The first-order valence-electron chi connectivity index (χ1n) is 9.72. The monoisotopic (exact) mass is 352 g/mol. The zero-order chi connectivity index (χ0) is 18.3. The highest BCUT2D eigenvalue weighted by atomic mass is 28.4. The van der Waals surface area contributed by atoms with Crippen LogP contribution in [-0.4, -0.2) is 26.0 Å². The molecule has 0 amide bonds. The van der Waals surface area contributed by atoms with E-state index in [1.165, 1.54) is 0 Å². The molecule has 0 heterocycles. The summed E-state index contributed by atoms with van der Waals surface area (Å²) in [7, 11) is -1.82. The van der Waals surface area contributed by atoms with Crippen LogP contribution < -0.4 is 0 Å². The average Bonchev–Trinajstić information content (AvgIpc) is 2.98. The molecule has 138 valence electrons. The Morgan fingerprint density at radius 1 is 1.25 bits per heavy atom. The van der Waals surface area contributed by atoms with Crippen molar-refractivity contribution in [1.82, 2.24) is 0 Å². The van der Waals surface area contributed by atoms with Crippen LogP contribution in [0.1, 0.15) is 60.8 Å². The molecule has 24 heavy (non-hydrogen) atoms. The first kappa shape index (κ1) is 21.3. The van der Waals surface area contributed by atoms with Gasteiger partial charge in [0, 0.05) is 12.3 Å². The molecule has 0 spiro atoms. The van der Waals surface area contributed by atoms with E-state index < -0.39 is 14.2 Å². The quantitative estimate of drug-likeness (QED) is 0.310. The highest BCUT2D eigenvalue weighted by Crippen LogP contribution is 2.34. The van der Waals surface area contributed by atoms with Crippen LogP contribution in [0.2, 0.25) is 18.1 Å². The number of ketones is 2. The van der Waals surface area contributed by atoms with Crippen LogP contribution in [0.4, 0.5) is 0 Å². The SMILES string of the molecule is C/C=C/[C@H](O[Si](CC)(CC)CC)[C@H](C(=O)C1CCCC1=O)C(C)C. The minimum atomic E-state index is -1.82. The molecule has 0 radical (unpaired) electrons. The molecule has 3 nitrogen and oxygen atoms in total. The fraction of sp³-hybridized carbons (Fsp3) is 0.800. The number of rotatable bonds is 10. The number of hydrogen-bond donors (Lipinski definition) is 0. The smallest absolute Gasteiger partial charge is 0.192 e. The fourth-order valence-corrected chi connectivity index (χ4v) is 6.73. The molecule has 1 unspecified atom stereocenters. The summed E-state index contributed by atoms with van der Waals surface area (Å²) in [6, 6.07) is 3.19. The van der Waals surface area contributed by atoms with Crippen molar-refractivity contribution in [1.29, 1.82) is 0 Å². The molecule has 0 bridgehead atoms. The van der Waals surface area contributed by atoms with E-state index >= 15 is 0 Å². The van der Waals surface area contributed by atoms with Gasteiger partial charge in [-0.3, -0.25) is 9.59 Å². The van der Waals surface area contributed by atoms with Gasteiger partial charge in [0.05, 0.1) is 12.0 Å². The van der Waals surface area contributed by atoms with Crippen molar-refractivity contribution >= 4 is 19.9 Å². The van der Waals surface area contributed by atoms with Crippen LogP contribution in [0.25, 0.3) is 0 Å². The number of allylic oxidation sites excluding steroid dienone is 1.